The van der Waals surface area contributed by atoms with Crippen LogP contribution in [-0.2, 0) is 0 Å². The van der Waals surface area contributed by atoms with E-state index in [4.69, 9.17) is 0 Å². The van der Waals surface area contributed by atoms with Crippen molar-refractivity contribution in [2.75, 3.05) is 0 Å². The first-order valence-corrected chi connectivity index (χ1v) is 6.61. The highest BCUT2D eigenvalue weighted by molar-refractivity contribution is 9.10. The molecule has 0 bridgehead atoms. The van der Waals surface area contributed by atoms with Crippen molar-refractivity contribution < 1.29 is 5.11 Å². The molecule has 1 aromatic heterocycles. The molecule has 1 N–H and O–H groups in total. The number of aromatic nitrogens is 1. The van der Waals surface area contributed by atoms with Crippen molar-refractivity contribution in [1.29, 1.82) is 0 Å². The van der Waals surface area contributed by atoms with Gasteiger partial charge in [-0.25, -0.2) is 4.98 Å². The standard InChI is InChI=1S/C12H12BrNOS/c1-7-4-3-5-8(2)9(7)10(15)11-12(13)14-6-16-11/h3-6,10,15H,1-2H3. The highest BCUT2D eigenvalue weighted by Gasteiger charge is 2.19. The van der Waals surface area contributed by atoms with Gasteiger partial charge in [-0.1, -0.05) is 18.2 Å². The molecule has 0 aliphatic heterocycles. The maximum Gasteiger partial charge on any atom is 0.123 e. The predicted octanol–water partition coefficient (Wildman–Crippen LogP) is 3.60. The summed E-state index contributed by atoms with van der Waals surface area (Å²) in [4.78, 5) is 4.96. The van der Waals surface area contributed by atoms with E-state index in [0.717, 1.165) is 26.2 Å². The van der Waals surface area contributed by atoms with E-state index in [-0.39, 0.29) is 0 Å². The number of nitrogens with zero attached hydrogens (tertiary/aromatic N) is 1. The van der Waals surface area contributed by atoms with E-state index in [1.54, 1.807) is 5.51 Å². The maximum atomic E-state index is 10.4. The Morgan fingerprint density at radius 2 is 1.94 bits per heavy atom. The van der Waals surface area contributed by atoms with E-state index in [0.29, 0.717) is 0 Å². The van der Waals surface area contributed by atoms with E-state index in [2.05, 4.69) is 20.9 Å². The molecule has 4 heteroatoms. The number of rotatable bonds is 2. The summed E-state index contributed by atoms with van der Waals surface area (Å²) in [6, 6.07) is 6.03. The SMILES string of the molecule is Cc1cccc(C)c1C(O)c1scnc1Br. The van der Waals surface area contributed by atoms with Gasteiger partial charge in [-0.2, -0.15) is 0 Å². The molecule has 0 saturated heterocycles. The fraction of sp³-hybridized carbons (Fsp3) is 0.250. The zero-order chi connectivity index (χ0) is 11.7. The Balaban J connectivity index is 2.49. The van der Waals surface area contributed by atoms with Gasteiger partial charge in [0.2, 0.25) is 0 Å². The first-order valence-electron chi connectivity index (χ1n) is 4.94. The monoisotopic (exact) mass is 297 g/mol. The van der Waals surface area contributed by atoms with Crippen LogP contribution in [0.2, 0.25) is 0 Å². The van der Waals surface area contributed by atoms with Crippen molar-refractivity contribution in [3.63, 3.8) is 0 Å². The molecule has 16 heavy (non-hydrogen) atoms. The molecule has 0 aliphatic carbocycles. The molecule has 2 nitrogen and oxygen atoms in total. The highest BCUT2D eigenvalue weighted by atomic mass is 79.9. The second-order valence-corrected chi connectivity index (χ2v) is 5.35. The van der Waals surface area contributed by atoms with E-state index >= 15 is 0 Å². The van der Waals surface area contributed by atoms with Gasteiger partial charge in [-0.05, 0) is 46.5 Å². The number of thiazole rings is 1. The van der Waals surface area contributed by atoms with Crippen molar-refractivity contribution >= 4 is 27.3 Å². The van der Waals surface area contributed by atoms with Crippen LogP contribution in [0.1, 0.15) is 27.7 Å². The van der Waals surface area contributed by atoms with Crippen LogP contribution in [0, 0.1) is 13.8 Å². The van der Waals surface area contributed by atoms with Crippen molar-refractivity contribution in [1.82, 2.24) is 4.98 Å². The van der Waals surface area contributed by atoms with Gasteiger partial charge in [0.25, 0.3) is 0 Å². The lowest BCUT2D eigenvalue weighted by Gasteiger charge is -2.15. The van der Waals surface area contributed by atoms with Crippen molar-refractivity contribution in [3.05, 3.63) is 49.9 Å². The molecule has 0 spiro atoms. The molecule has 0 aliphatic rings. The molecule has 84 valence electrons. The number of halogens is 1. The number of benzene rings is 1. The predicted molar refractivity (Wildman–Crippen MR) is 69.8 cm³/mol. The van der Waals surface area contributed by atoms with Crippen LogP contribution < -0.4 is 0 Å². The lowest BCUT2D eigenvalue weighted by Crippen LogP contribution is -2.03. The minimum Gasteiger partial charge on any atom is -0.383 e. The quantitative estimate of drug-likeness (QED) is 0.919. The van der Waals surface area contributed by atoms with E-state index < -0.39 is 6.10 Å². The Kier molecular flexibility index (Phi) is 3.42. The molecule has 0 fully saturated rings. The minimum atomic E-state index is -0.594. The summed E-state index contributed by atoms with van der Waals surface area (Å²) in [6.45, 7) is 4.03. The summed E-state index contributed by atoms with van der Waals surface area (Å²) in [7, 11) is 0. The van der Waals surface area contributed by atoms with Gasteiger partial charge < -0.3 is 5.11 Å². The molecule has 1 atom stereocenters. The fourth-order valence-electron chi connectivity index (χ4n) is 1.81. The maximum absolute atomic E-state index is 10.4. The second kappa shape index (κ2) is 4.65. The molecule has 0 amide bonds. The third-order valence-electron chi connectivity index (χ3n) is 2.61. The molecule has 1 unspecified atom stereocenters. The zero-order valence-corrected chi connectivity index (χ0v) is 11.5. The molecule has 1 heterocycles. The Morgan fingerprint density at radius 3 is 2.44 bits per heavy atom. The first kappa shape index (κ1) is 11.8. The molecule has 0 radical (unpaired) electrons. The Bertz CT molecular complexity index is 489. The molecule has 2 rings (SSSR count). The van der Waals surface area contributed by atoms with E-state index in [9.17, 15) is 5.11 Å². The van der Waals surface area contributed by atoms with Crippen molar-refractivity contribution in [2.45, 2.75) is 20.0 Å². The van der Waals surface area contributed by atoms with Gasteiger partial charge in [-0.15, -0.1) is 11.3 Å². The summed E-state index contributed by atoms with van der Waals surface area (Å²) in [5.74, 6) is 0. The Morgan fingerprint density at radius 1 is 1.31 bits per heavy atom. The van der Waals surface area contributed by atoms with Gasteiger partial charge in [0, 0.05) is 0 Å². The van der Waals surface area contributed by atoms with Crippen LogP contribution >= 0.6 is 27.3 Å². The molecule has 1 aromatic carbocycles. The Labute approximate surface area is 107 Å². The lowest BCUT2D eigenvalue weighted by atomic mass is 9.97. The first-order chi connectivity index (χ1) is 7.61. The van der Waals surface area contributed by atoms with Gasteiger partial charge >= 0.3 is 0 Å². The normalized spacial score (nSPS) is 12.8. The molecular formula is C12H12BrNOS. The van der Waals surface area contributed by atoms with Crippen molar-refractivity contribution in [2.24, 2.45) is 0 Å². The summed E-state index contributed by atoms with van der Waals surface area (Å²) >= 11 is 4.81. The molecule has 2 aromatic rings. The van der Waals surface area contributed by atoms with Crippen LogP contribution in [0.4, 0.5) is 0 Å². The largest absolute Gasteiger partial charge is 0.383 e. The number of aliphatic hydroxyl groups excluding tert-OH is 1. The fourth-order valence-corrected chi connectivity index (χ4v) is 3.21. The number of hydrogen-bond donors (Lipinski definition) is 1. The van der Waals surface area contributed by atoms with Gasteiger partial charge in [-0.3, -0.25) is 0 Å². The third kappa shape index (κ3) is 2.05. The number of aryl methyl sites for hydroxylation is 2. The Hall–Kier alpha value is -0.710. The zero-order valence-electron chi connectivity index (χ0n) is 9.07. The van der Waals surface area contributed by atoms with E-state index in [1.807, 2.05) is 32.0 Å². The average Bonchev–Trinajstić information content (AvgIpc) is 2.64. The van der Waals surface area contributed by atoms with Crippen LogP contribution in [0.5, 0.6) is 0 Å². The highest BCUT2D eigenvalue weighted by Crippen LogP contribution is 2.34. The number of hydrogen-bond acceptors (Lipinski definition) is 3. The van der Waals surface area contributed by atoms with Gasteiger partial charge in [0.1, 0.15) is 10.7 Å². The second-order valence-electron chi connectivity index (χ2n) is 3.72. The van der Waals surface area contributed by atoms with Crippen LogP contribution in [0.3, 0.4) is 0 Å². The molecular weight excluding hydrogens is 286 g/mol. The summed E-state index contributed by atoms with van der Waals surface area (Å²) in [5, 5.41) is 10.4. The molecule has 0 saturated carbocycles. The smallest absolute Gasteiger partial charge is 0.123 e. The average molecular weight is 298 g/mol. The third-order valence-corrected chi connectivity index (χ3v) is 4.39. The minimum absolute atomic E-state index is 0.594. The topological polar surface area (TPSA) is 33.1 Å². The van der Waals surface area contributed by atoms with Crippen LogP contribution in [0.25, 0.3) is 0 Å². The lowest BCUT2D eigenvalue weighted by molar-refractivity contribution is 0.221. The van der Waals surface area contributed by atoms with Crippen LogP contribution in [0.15, 0.2) is 28.3 Å². The summed E-state index contributed by atoms with van der Waals surface area (Å²) in [5.41, 5.74) is 4.92. The van der Waals surface area contributed by atoms with Crippen molar-refractivity contribution in [3.8, 4) is 0 Å². The van der Waals surface area contributed by atoms with E-state index in [1.165, 1.54) is 11.3 Å². The summed E-state index contributed by atoms with van der Waals surface area (Å²) < 4.78 is 0.729. The van der Waals surface area contributed by atoms with Gasteiger partial charge in [0.05, 0.1) is 10.4 Å². The number of aliphatic hydroxyl groups is 1. The summed E-state index contributed by atoms with van der Waals surface area (Å²) in [6.07, 6.45) is -0.594. The van der Waals surface area contributed by atoms with Gasteiger partial charge in [0.15, 0.2) is 0 Å². The van der Waals surface area contributed by atoms with Crippen LogP contribution in [-0.4, -0.2) is 10.1 Å².